The standard InChI is InChI=1S/C24H22N4O4S/c1-14-12-28(24(30)25-14)13-18-6-5-17(23(29)31-2)11-20(18)32-19-9-7-16(8-10-19)22-27-26-21(33-22)15-3-4-15/h5-12,15H,3-4,13H2,1-2H3,(H,25,30). The van der Waals surface area contributed by atoms with E-state index in [1.54, 1.807) is 40.3 Å². The number of hydrogen-bond acceptors (Lipinski definition) is 7. The molecule has 0 atom stereocenters. The van der Waals surface area contributed by atoms with E-state index in [-0.39, 0.29) is 5.69 Å². The predicted molar refractivity (Wildman–Crippen MR) is 124 cm³/mol. The van der Waals surface area contributed by atoms with Crippen LogP contribution in [0.25, 0.3) is 10.6 Å². The van der Waals surface area contributed by atoms with Gasteiger partial charge in [0.2, 0.25) is 0 Å². The van der Waals surface area contributed by atoms with Gasteiger partial charge in [0.25, 0.3) is 0 Å². The molecular formula is C24H22N4O4S. The van der Waals surface area contributed by atoms with Crippen LogP contribution in [-0.2, 0) is 11.3 Å². The molecule has 0 unspecified atom stereocenters. The van der Waals surface area contributed by atoms with E-state index in [4.69, 9.17) is 9.47 Å². The van der Waals surface area contributed by atoms with Crippen LogP contribution in [0.1, 0.15) is 45.4 Å². The second-order valence-electron chi connectivity index (χ2n) is 8.03. The Labute approximate surface area is 193 Å². The van der Waals surface area contributed by atoms with E-state index in [1.165, 1.54) is 20.0 Å². The van der Waals surface area contributed by atoms with E-state index in [9.17, 15) is 9.59 Å². The summed E-state index contributed by atoms with van der Waals surface area (Å²) >= 11 is 1.63. The lowest BCUT2D eigenvalue weighted by atomic mass is 10.1. The number of carbonyl (C=O) groups excluding carboxylic acids is 1. The summed E-state index contributed by atoms with van der Waals surface area (Å²) < 4.78 is 12.5. The number of esters is 1. The number of nitrogens with one attached hydrogen (secondary N) is 1. The van der Waals surface area contributed by atoms with Gasteiger partial charge in [0, 0.05) is 28.9 Å². The highest BCUT2D eigenvalue weighted by atomic mass is 32.1. The Bertz CT molecular complexity index is 1370. The monoisotopic (exact) mass is 462 g/mol. The molecule has 0 radical (unpaired) electrons. The number of benzene rings is 2. The fraction of sp³-hybridized carbons (Fsp3) is 0.250. The van der Waals surface area contributed by atoms with Crippen LogP contribution in [0.5, 0.6) is 11.5 Å². The molecule has 1 fully saturated rings. The van der Waals surface area contributed by atoms with Crippen molar-refractivity contribution in [3.05, 3.63) is 81.0 Å². The van der Waals surface area contributed by atoms with Crippen molar-refractivity contribution in [3.8, 4) is 22.1 Å². The summed E-state index contributed by atoms with van der Waals surface area (Å²) in [6, 6.07) is 12.7. The van der Waals surface area contributed by atoms with Crippen molar-refractivity contribution in [2.45, 2.75) is 32.2 Å². The molecule has 0 amide bonds. The van der Waals surface area contributed by atoms with Crippen LogP contribution in [0.15, 0.2) is 53.5 Å². The third kappa shape index (κ3) is 4.58. The SMILES string of the molecule is COC(=O)c1ccc(Cn2cc(C)[nH]c2=O)c(Oc2ccc(-c3nnc(C4CC4)s3)cc2)c1. The average molecular weight is 463 g/mol. The molecule has 1 N–H and O–H groups in total. The minimum atomic E-state index is -0.459. The van der Waals surface area contributed by atoms with Crippen LogP contribution in [0.4, 0.5) is 0 Å². The maximum Gasteiger partial charge on any atom is 0.337 e. The second kappa shape index (κ2) is 8.67. The normalized spacial score (nSPS) is 13.2. The van der Waals surface area contributed by atoms with Gasteiger partial charge < -0.3 is 14.5 Å². The molecular weight excluding hydrogens is 440 g/mol. The van der Waals surface area contributed by atoms with E-state index in [0.29, 0.717) is 29.5 Å². The van der Waals surface area contributed by atoms with Crippen molar-refractivity contribution in [2.75, 3.05) is 7.11 Å². The summed E-state index contributed by atoms with van der Waals surface area (Å²) in [6.45, 7) is 2.12. The van der Waals surface area contributed by atoms with Crippen LogP contribution < -0.4 is 10.4 Å². The number of ether oxygens (including phenoxy) is 2. The first-order valence-electron chi connectivity index (χ1n) is 10.6. The third-order valence-electron chi connectivity index (χ3n) is 5.44. The Kier molecular flexibility index (Phi) is 5.55. The molecule has 0 saturated heterocycles. The lowest BCUT2D eigenvalue weighted by molar-refractivity contribution is 0.0600. The Morgan fingerprint density at radius 2 is 1.97 bits per heavy atom. The number of hydrogen-bond donors (Lipinski definition) is 1. The number of aromatic amines is 1. The number of aromatic nitrogens is 4. The number of carbonyl (C=O) groups is 1. The highest BCUT2D eigenvalue weighted by molar-refractivity contribution is 7.14. The number of aryl methyl sites for hydroxylation is 1. The quantitative estimate of drug-likeness (QED) is 0.406. The molecule has 0 bridgehead atoms. The van der Waals surface area contributed by atoms with Gasteiger partial charge in [-0.3, -0.25) is 4.57 Å². The summed E-state index contributed by atoms with van der Waals surface area (Å²) in [5.74, 6) is 1.20. The van der Waals surface area contributed by atoms with E-state index >= 15 is 0 Å². The summed E-state index contributed by atoms with van der Waals surface area (Å²) in [5.41, 5.74) is 2.66. The Hall–Kier alpha value is -3.72. The number of nitrogens with zero attached hydrogens (tertiary/aromatic N) is 3. The first-order valence-corrected chi connectivity index (χ1v) is 11.4. The first kappa shape index (κ1) is 21.1. The largest absolute Gasteiger partial charge is 0.465 e. The number of rotatable bonds is 7. The highest BCUT2D eigenvalue weighted by Gasteiger charge is 2.27. The van der Waals surface area contributed by atoms with Crippen LogP contribution in [0.3, 0.4) is 0 Å². The first-order chi connectivity index (χ1) is 16.0. The highest BCUT2D eigenvalue weighted by Crippen LogP contribution is 2.42. The second-order valence-corrected chi connectivity index (χ2v) is 9.04. The van der Waals surface area contributed by atoms with Gasteiger partial charge >= 0.3 is 11.7 Å². The number of imidazole rings is 1. The van der Waals surface area contributed by atoms with Crippen molar-refractivity contribution in [3.63, 3.8) is 0 Å². The molecule has 33 heavy (non-hydrogen) atoms. The van der Waals surface area contributed by atoms with Crippen LogP contribution in [-0.4, -0.2) is 32.8 Å². The lowest BCUT2D eigenvalue weighted by Crippen LogP contribution is -2.17. The van der Waals surface area contributed by atoms with Crippen LogP contribution >= 0.6 is 11.3 Å². The molecule has 0 aliphatic heterocycles. The van der Waals surface area contributed by atoms with Gasteiger partial charge in [0.1, 0.15) is 21.5 Å². The minimum absolute atomic E-state index is 0.206. The molecule has 168 valence electrons. The average Bonchev–Trinajstić information content (AvgIpc) is 3.46. The van der Waals surface area contributed by atoms with Gasteiger partial charge in [-0.15, -0.1) is 10.2 Å². The van der Waals surface area contributed by atoms with E-state index in [2.05, 4.69) is 15.2 Å². The Morgan fingerprint density at radius 3 is 2.64 bits per heavy atom. The smallest absolute Gasteiger partial charge is 0.337 e. The van der Waals surface area contributed by atoms with Gasteiger partial charge in [0.05, 0.1) is 19.2 Å². The predicted octanol–water partition coefficient (Wildman–Crippen LogP) is 4.51. The summed E-state index contributed by atoms with van der Waals surface area (Å²) in [4.78, 5) is 26.9. The topological polar surface area (TPSA) is 99.1 Å². The molecule has 9 heteroatoms. The van der Waals surface area contributed by atoms with Crippen molar-refractivity contribution < 1.29 is 14.3 Å². The molecule has 2 aromatic carbocycles. The van der Waals surface area contributed by atoms with Gasteiger partial charge in [-0.2, -0.15) is 0 Å². The van der Waals surface area contributed by atoms with Crippen LogP contribution in [0.2, 0.25) is 0 Å². The Morgan fingerprint density at radius 1 is 1.18 bits per heavy atom. The van der Waals surface area contributed by atoms with E-state index in [1.807, 2.05) is 31.2 Å². The molecule has 8 nitrogen and oxygen atoms in total. The molecule has 1 aliphatic carbocycles. The third-order valence-corrected chi connectivity index (χ3v) is 6.57. The van der Waals surface area contributed by atoms with Crippen LogP contribution in [0, 0.1) is 6.92 Å². The van der Waals surface area contributed by atoms with Gasteiger partial charge in [-0.1, -0.05) is 17.4 Å². The fourth-order valence-electron chi connectivity index (χ4n) is 3.53. The maximum absolute atomic E-state index is 12.1. The zero-order valence-electron chi connectivity index (χ0n) is 18.2. The van der Waals surface area contributed by atoms with Crippen molar-refractivity contribution in [1.29, 1.82) is 0 Å². The molecule has 0 spiro atoms. The van der Waals surface area contributed by atoms with E-state index < -0.39 is 5.97 Å². The van der Waals surface area contributed by atoms with Crippen molar-refractivity contribution >= 4 is 17.3 Å². The Balaban J connectivity index is 1.42. The van der Waals surface area contributed by atoms with Gasteiger partial charge in [-0.25, -0.2) is 9.59 Å². The summed E-state index contributed by atoms with van der Waals surface area (Å²) in [6.07, 6.45) is 4.14. The van der Waals surface area contributed by atoms with Gasteiger partial charge in [-0.05, 0) is 56.2 Å². The maximum atomic E-state index is 12.1. The molecule has 1 saturated carbocycles. The molecule has 5 rings (SSSR count). The van der Waals surface area contributed by atoms with E-state index in [0.717, 1.165) is 26.8 Å². The molecule has 4 aromatic rings. The fourth-order valence-corrected chi connectivity index (χ4v) is 4.55. The lowest BCUT2D eigenvalue weighted by Gasteiger charge is -2.13. The zero-order chi connectivity index (χ0) is 22.9. The van der Waals surface area contributed by atoms with Crippen molar-refractivity contribution in [1.82, 2.24) is 19.7 Å². The number of H-pyrrole nitrogens is 1. The minimum Gasteiger partial charge on any atom is -0.465 e. The molecule has 2 heterocycles. The molecule has 1 aliphatic rings. The summed E-state index contributed by atoms with van der Waals surface area (Å²) in [5, 5.41) is 10.6. The molecule has 2 aromatic heterocycles. The van der Waals surface area contributed by atoms with Gasteiger partial charge in [0.15, 0.2) is 0 Å². The summed E-state index contributed by atoms with van der Waals surface area (Å²) in [7, 11) is 1.33. The number of methoxy groups -OCH3 is 1. The zero-order valence-corrected chi connectivity index (χ0v) is 19.0. The van der Waals surface area contributed by atoms with Crippen molar-refractivity contribution in [2.24, 2.45) is 0 Å².